The van der Waals surface area contributed by atoms with Crippen molar-refractivity contribution in [3.63, 3.8) is 0 Å². The first-order chi connectivity index (χ1) is 9.38. The van der Waals surface area contributed by atoms with Gasteiger partial charge >= 0.3 is 5.63 Å². The first kappa shape index (κ1) is 14.0. The zero-order chi connectivity index (χ0) is 14.9. The standard InChI is InChI=1S/C14H16N2O4/c1-8(2)15-11(17)7-16-5-4-10-13(14(16)19)9(3)6-12(18)20-10/h4-6,8H,7H2,1-3H3,(H,15,17). The number of amides is 1. The second kappa shape index (κ2) is 5.32. The fourth-order valence-electron chi connectivity index (χ4n) is 2.04. The normalized spacial score (nSPS) is 11.0. The Balaban J connectivity index is 2.47. The van der Waals surface area contributed by atoms with E-state index in [4.69, 9.17) is 4.42 Å². The van der Waals surface area contributed by atoms with Crippen molar-refractivity contribution in [2.75, 3.05) is 0 Å². The first-order valence-corrected chi connectivity index (χ1v) is 6.31. The van der Waals surface area contributed by atoms with Crippen LogP contribution in [-0.2, 0) is 11.3 Å². The Hall–Kier alpha value is -2.37. The number of nitrogens with one attached hydrogen (secondary N) is 1. The number of pyridine rings is 1. The Morgan fingerprint density at radius 3 is 2.75 bits per heavy atom. The van der Waals surface area contributed by atoms with Crippen molar-refractivity contribution in [2.45, 2.75) is 33.4 Å². The van der Waals surface area contributed by atoms with Gasteiger partial charge in [0.05, 0.1) is 5.39 Å². The summed E-state index contributed by atoms with van der Waals surface area (Å²) in [5, 5.41) is 3.04. The van der Waals surface area contributed by atoms with Crippen LogP contribution in [0.15, 0.2) is 32.3 Å². The minimum absolute atomic E-state index is 0.0124. The van der Waals surface area contributed by atoms with E-state index in [1.807, 2.05) is 13.8 Å². The van der Waals surface area contributed by atoms with Gasteiger partial charge in [0.2, 0.25) is 5.91 Å². The third kappa shape index (κ3) is 2.79. The Bertz CT molecular complexity index is 771. The van der Waals surface area contributed by atoms with E-state index in [0.717, 1.165) is 0 Å². The van der Waals surface area contributed by atoms with Gasteiger partial charge in [-0.05, 0) is 32.4 Å². The molecule has 0 radical (unpaired) electrons. The average Bonchev–Trinajstić information content (AvgIpc) is 2.31. The largest absolute Gasteiger partial charge is 0.422 e. The van der Waals surface area contributed by atoms with Crippen molar-refractivity contribution in [2.24, 2.45) is 0 Å². The van der Waals surface area contributed by atoms with Crippen LogP contribution >= 0.6 is 0 Å². The van der Waals surface area contributed by atoms with Crippen LogP contribution in [0.2, 0.25) is 0 Å². The lowest BCUT2D eigenvalue weighted by Gasteiger charge is -2.10. The summed E-state index contributed by atoms with van der Waals surface area (Å²) in [4.78, 5) is 35.3. The van der Waals surface area contributed by atoms with Gasteiger partial charge in [-0.1, -0.05) is 0 Å². The van der Waals surface area contributed by atoms with Crippen molar-refractivity contribution in [1.29, 1.82) is 0 Å². The third-order valence-corrected chi connectivity index (χ3v) is 2.83. The van der Waals surface area contributed by atoms with Gasteiger partial charge in [-0.15, -0.1) is 0 Å². The molecular formula is C14H16N2O4. The zero-order valence-electron chi connectivity index (χ0n) is 11.6. The van der Waals surface area contributed by atoms with Crippen LogP contribution in [0.3, 0.4) is 0 Å². The fourth-order valence-corrected chi connectivity index (χ4v) is 2.04. The molecule has 106 valence electrons. The van der Waals surface area contributed by atoms with Gasteiger partial charge in [-0.3, -0.25) is 9.59 Å². The van der Waals surface area contributed by atoms with Crippen LogP contribution in [0.1, 0.15) is 19.4 Å². The van der Waals surface area contributed by atoms with Crippen LogP contribution < -0.4 is 16.5 Å². The van der Waals surface area contributed by atoms with Crippen molar-refractivity contribution in [1.82, 2.24) is 9.88 Å². The molecule has 2 aromatic heterocycles. The Labute approximate surface area is 115 Å². The molecule has 6 nitrogen and oxygen atoms in total. The molecule has 2 heterocycles. The predicted octanol–water partition coefficient (Wildman–Crippen LogP) is 0.788. The lowest BCUT2D eigenvalue weighted by Crippen LogP contribution is -2.36. The molecule has 0 atom stereocenters. The summed E-state index contributed by atoms with van der Waals surface area (Å²) in [6, 6.07) is 2.80. The Morgan fingerprint density at radius 1 is 1.40 bits per heavy atom. The monoisotopic (exact) mass is 276 g/mol. The molecule has 0 spiro atoms. The number of aryl methyl sites for hydroxylation is 1. The molecule has 2 rings (SSSR count). The lowest BCUT2D eigenvalue weighted by molar-refractivity contribution is -0.122. The minimum atomic E-state index is -0.496. The summed E-state index contributed by atoms with van der Waals surface area (Å²) in [5.41, 5.74) is -0.0623. The molecule has 0 aromatic carbocycles. The number of aromatic nitrogens is 1. The number of carbonyl (C=O) groups excluding carboxylic acids is 1. The van der Waals surface area contributed by atoms with Gasteiger partial charge < -0.3 is 14.3 Å². The van der Waals surface area contributed by atoms with Crippen molar-refractivity contribution in [3.05, 3.63) is 44.7 Å². The predicted molar refractivity (Wildman–Crippen MR) is 74.8 cm³/mol. The van der Waals surface area contributed by atoms with E-state index in [9.17, 15) is 14.4 Å². The van der Waals surface area contributed by atoms with Gasteiger partial charge in [0.1, 0.15) is 12.1 Å². The molecule has 2 aromatic rings. The fraction of sp³-hybridized carbons (Fsp3) is 0.357. The summed E-state index contributed by atoms with van der Waals surface area (Å²) < 4.78 is 6.28. The van der Waals surface area contributed by atoms with E-state index in [0.29, 0.717) is 10.9 Å². The average molecular weight is 276 g/mol. The molecule has 0 unspecified atom stereocenters. The van der Waals surface area contributed by atoms with Gasteiger partial charge in [0.25, 0.3) is 5.56 Å². The molecule has 6 heteroatoms. The van der Waals surface area contributed by atoms with E-state index in [1.165, 1.54) is 22.9 Å². The molecule has 0 aliphatic carbocycles. The molecular weight excluding hydrogens is 260 g/mol. The number of nitrogens with zero attached hydrogens (tertiary/aromatic N) is 1. The SMILES string of the molecule is Cc1cc(=O)oc2ccn(CC(=O)NC(C)C)c(=O)c12. The molecule has 0 fully saturated rings. The van der Waals surface area contributed by atoms with E-state index in [2.05, 4.69) is 5.32 Å². The topological polar surface area (TPSA) is 81.3 Å². The molecule has 0 saturated carbocycles. The van der Waals surface area contributed by atoms with Crippen molar-refractivity contribution < 1.29 is 9.21 Å². The smallest absolute Gasteiger partial charge is 0.336 e. The van der Waals surface area contributed by atoms with Crippen LogP contribution in [-0.4, -0.2) is 16.5 Å². The lowest BCUT2D eigenvalue weighted by atomic mass is 10.2. The van der Waals surface area contributed by atoms with E-state index < -0.39 is 5.63 Å². The molecule has 0 saturated heterocycles. The summed E-state index contributed by atoms with van der Waals surface area (Å²) in [5.74, 6) is -0.239. The van der Waals surface area contributed by atoms with Gasteiger partial charge in [-0.2, -0.15) is 0 Å². The summed E-state index contributed by atoms with van der Waals surface area (Å²) in [7, 11) is 0. The summed E-state index contributed by atoms with van der Waals surface area (Å²) >= 11 is 0. The Kier molecular flexibility index (Phi) is 3.74. The summed E-state index contributed by atoms with van der Waals surface area (Å²) in [6.07, 6.45) is 1.45. The first-order valence-electron chi connectivity index (χ1n) is 6.31. The molecule has 1 amide bonds. The van der Waals surface area contributed by atoms with Gasteiger partial charge in [-0.25, -0.2) is 4.79 Å². The van der Waals surface area contributed by atoms with Gasteiger partial charge in [0, 0.05) is 18.3 Å². The maximum atomic E-state index is 12.3. The zero-order valence-corrected chi connectivity index (χ0v) is 11.6. The highest BCUT2D eigenvalue weighted by Gasteiger charge is 2.11. The Morgan fingerprint density at radius 2 is 2.10 bits per heavy atom. The third-order valence-electron chi connectivity index (χ3n) is 2.83. The maximum absolute atomic E-state index is 12.3. The van der Waals surface area contributed by atoms with Crippen LogP contribution in [0, 0.1) is 6.92 Å². The van der Waals surface area contributed by atoms with Crippen LogP contribution in [0.4, 0.5) is 0 Å². The van der Waals surface area contributed by atoms with E-state index >= 15 is 0 Å². The number of rotatable bonds is 3. The van der Waals surface area contributed by atoms with E-state index in [1.54, 1.807) is 6.92 Å². The van der Waals surface area contributed by atoms with Gasteiger partial charge in [0.15, 0.2) is 0 Å². The summed E-state index contributed by atoms with van der Waals surface area (Å²) in [6.45, 7) is 5.30. The van der Waals surface area contributed by atoms with Crippen LogP contribution in [0.5, 0.6) is 0 Å². The molecule has 1 N–H and O–H groups in total. The van der Waals surface area contributed by atoms with Crippen molar-refractivity contribution >= 4 is 16.9 Å². The number of hydrogen-bond donors (Lipinski definition) is 1. The molecule has 0 aliphatic rings. The highest BCUT2D eigenvalue weighted by atomic mass is 16.4. The van der Waals surface area contributed by atoms with Crippen LogP contribution in [0.25, 0.3) is 11.0 Å². The number of carbonyl (C=O) groups is 1. The highest BCUT2D eigenvalue weighted by Crippen LogP contribution is 2.10. The molecule has 0 aliphatic heterocycles. The van der Waals surface area contributed by atoms with E-state index in [-0.39, 0.29) is 29.6 Å². The minimum Gasteiger partial charge on any atom is -0.422 e. The van der Waals surface area contributed by atoms with Crippen molar-refractivity contribution in [3.8, 4) is 0 Å². The quantitative estimate of drug-likeness (QED) is 0.898. The molecule has 0 bridgehead atoms. The molecule has 20 heavy (non-hydrogen) atoms. The number of hydrogen-bond acceptors (Lipinski definition) is 4. The second-order valence-electron chi connectivity index (χ2n) is 4.96. The number of fused-ring (bicyclic) bond motifs is 1. The second-order valence-corrected chi connectivity index (χ2v) is 4.96. The highest BCUT2D eigenvalue weighted by molar-refractivity contribution is 5.80. The maximum Gasteiger partial charge on any atom is 0.336 e.